The van der Waals surface area contributed by atoms with E-state index >= 15 is 0 Å². The lowest BCUT2D eigenvalue weighted by atomic mass is 9.78. The Hall–Kier alpha value is -1.51. The molecule has 0 spiro atoms. The third-order valence-corrected chi connectivity index (χ3v) is 7.15. The van der Waals surface area contributed by atoms with Gasteiger partial charge in [-0.1, -0.05) is 0 Å². The normalized spacial score (nSPS) is 27.4. The van der Waals surface area contributed by atoms with Gasteiger partial charge in [-0.15, -0.1) is 0 Å². The van der Waals surface area contributed by atoms with Gasteiger partial charge in [-0.25, -0.2) is 8.42 Å². The van der Waals surface area contributed by atoms with Crippen LogP contribution in [0, 0.1) is 17.8 Å². The molecule has 2 fully saturated rings. The molecule has 3 rings (SSSR count). The van der Waals surface area contributed by atoms with Gasteiger partial charge in [-0.3, -0.25) is 9.78 Å². The summed E-state index contributed by atoms with van der Waals surface area (Å²) in [4.78, 5) is 18.2. The first kappa shape index (κ1) is 17.3. The number of hydrogen-bond acceptors (Lipinski definition) is 5. The van der Waals surface area contributed by atoms with Crippen LogP contribution in [0.5, 0.6) is 0 Å². The number of hydrogen-bond donors (Lipinski definition) is 1. The minimum absolute atomic E-state index is 0.00245. The van der Waals surface area contributed by atoms with E-state index in [9.17, 15) is 13.2 Å². The summed E-state index contributed by atoms with van der Waals surface area (Å²) in [5, 5.41) is 0. The lowest BCUT2D eigenvalue weighted by molar-refractivity contribution is -0.123. The van der Waals surface area contributed by atoms with Crippen LogP contribution in [0.2, 0.25) is 0 Å². The van der Waals surface area contributed by atoms with Crippen LogP contribution in [0.3, 0.4) is 0 Å². The number of rotatable bonds is 4. The molecule has 8 heteroatoms. The Balaban J connectivity index is 1.81. The Kier molecular flexibility index (Phi) is 4.89. The summed E-state index contributed by atoms with van der Waals surface area (Å²) < 4.78 is 27.0. The molecule has 24 heavy (non-hydrogen) atoms. The average Bonchev–Trinajstić information content (AvgIpc) is 3.03. The van der Waals surface area contributed by atoms with Crippen LogP contribution in [-0.4, -0.2) is 61.7 Å². The van der Waals surface area contributed by atoms with Crippen LogP contribution in [-0.2, 0) is 14.8 Å². The molecule has 0 aliphatic carbocycles. The Morgan fingerprint density at radius 3 is 2.58 bits per heavy atom. The van der Waals surface area contributed by atoms with Crippen molar-refractivity contribution in [2.75, 3.05) is 33.2 Å². The third-order valence-electron chi connectivity index (χ3n) is 5.34. The molecule has 2 atom stereocenters. The molecule has 2 saturated heterocycles. The minimum Gasteiger partial charge on any atom is -0.369 e. The summed E-state index contributed by atoms with van der Waals surface area (Å²) in [5.41, 5.74) is 5.58. The minimum atomic E-state index is -3.63. The summed E-state index contributed by atoms with van der Waals surface area (Å²) >= 11 is 0. The monoisotopic (exact) mass is 352 g/mol. The molecular formula is C16H24N4O3S. The van der Waals surface area contributed by atoms with Gasteiger partial charge in [0, 0.05) is 25.5 Å². The molecule has 132 valence electrons. The van der Waals surface area contributed by atoms with E-state index in [2.05, 4.69) is 16.9 Å². The average molecular weight is 352 g/mol. The molecule has 1 aromatic rings. The molecule has 1 aromatic heterocycles. The number of piperidine rings is 1. The van der Waals surface area contributed by atoms with E-state index in [4.69, 9.17) is 5.73 Å². The zero-order chi connectivity index (χ0) is 17.3. The standard InChI is InChI=1S/C16H24N4O3S/c1-19-7-4-12(5-8-19)14-10-20(11-15(14)16(17)21)24(22,23)13-3-2-6-18-9-13/h2-3,6,9,12,14-15H,4-5,7-8,10-11H2,1H3,(H2,17,21)/t14-,15+/m0/s1. The van der Waals surface area contributed by atoms with Gasteiger partial charge in [0.05, 0.1) is 5.92 Å². The first-order valence-electron chi connectivity index (χ1n) is 8.27. The number of carbonyl (C=O) groups is 1. The number of primary amides is 1. The van der Waals surface area contributed by atoms with E-state index in [1.54, 1.807) is 6.07 Å². The van der Waals surface area contributed by atoms with Crippen molar-refractivity contribution in [2.45, 2.75) is 17.7 Å². The summed E-state index contributed by atoms with van der Waals surface area (Å²) in [6.07, 6.45) is 4.84. The Bertz CT molecular complexity index is 687. The molecule has 1 amide bonds. The number of nitrogens with zero attached hydrogens (tertiary/aromatic N) is 3. The first-order chi connectivity index (χ1) is 11.4. The topological polar surface area (TPSA) is 96.6 Å². The molecule has 0 unspecified atom stereocenters. The second-order valence-corrected chi connectivity index (χ2v) is 8.76. The molecule has 0 aromatic carbocycles. The van der Waals surface area contributed by atoms with Crippen molar-refractivity contribution in [3.63, 3.8) is 0 Å². The lowest BCUT2D eigenvalue weighted by Gasteiger charge is -2.34. The van der Waals surface area contributed by atoms with Gasteiger partial charge in [0.1, 0.15) is 4.90 Å². The molecule has 0 radical (unpaired) electrons. The third kappa shape index (κ3) is 3.31. The van der Waals surface area contributed by atoms with E-state index in [-0.39, 0.29) is 17.4 Å². The maximum atomic E-state index is 12.8. The SMILES string of the molecule is CN1CCC([C@@H]2CN(S(=O)(=O)c3cccnc3)C[C@H]2C(N)=O)CC1. The molecule has 2 aliphatic heterocycles. The van der Waals surface area contributed by atoms with Crippen molar-refractivity contribution in [2.24, 2.45) is 23.5 Å². The van der Waals surface area contributed by atoms with Crippen LogP contribution in [0.4, 0.5) is 0 Å². The molecule has 3 heterocycles. The van der Waals surface area contributed by atoms with Crippen LogP contribution >= 0.6 is 0 Å². The predicted octanol–water partition coefficient (Wildman–Crippen LogP) is 0.145. The highest BCUT2D eigenvalue weighted by Gasteiger charge is 2.45. The van der Waals surface area contributed by atoms with Gasteiger partial charge in [-0.2, -0.15) is 4.31 Å². The van der Waals surface area contributed by atoms with Crippen LogP contribution in [0.1, 0.15) is 12.8 Å². The fraction of sp³-hybridized carbons (Fsp3) is 0.625. The van der Waals surface area contributed by atoms with Crippen LogP contribution in [0.25, 0.3) is 0 Å². The molecule has 0 saturated carbocycles. The van der Waals surface area contributed by atoms with Crippen molar-refractivity contribution >= 4 is 15.9 Å². The zero-order valence-corrected chi connectivity index (χ0v) is 14.7. The van der Waals surface area contributed by atoms with Crippen LogP contribution in [0.15, 0.2) is 29.4 Å². The van der Waals surface area contributed by atoms with Crippen LogP contribution < -0.4 is 5.73 Å². The molecule has 2 N–H and O–H groups in total. The number of carbonyl (C=O) groups excluding carboxylic acids is 1. The summed E-state index contributed by atoms with van der Waals surface area (Å²) in [5.74, 6) is -0.469. The number of sulfonamides is 1. The smallest absolute Gasteiger partial charge is 0.244 e. The van der Waals surface area contributed by atoms with Crippen molar-refractivity contribution in [3.05, 3.63) is 24.5 Å². The number of amides is 1. The Labute approximate surface area is 142 Å². The molecular weight excluding hydrogens is 328 g/mol. The van der Waals surface area contributed by atoms with E-state index in [0.29, 0.717) is 12.5 Å². The van der Waals surface area contributed by atoms with Crippen molar-refractivity contribution in [1.82, 2.24) is 14.2 Å². The van der Waals surface area contributed by atoms with E-state index in [0.717, 1.165) is 25.9 Å². The second kappa shape index (κ2) is 6.78. The zero-order valence-electron chi connectivity index (χ0n) is 13.8. The number of nitrogens with two attached hydrogens (primary N) is 1. The lowest BCUT2D eigenvalue weighted by Crippen LogP contribution is -2.38. The van der Waals surface area contributed by atoms with Crippen molar-refractivity contribution in [1.29, 1.82) is 0 Å². The Morgan fingerprint density at radius 1 is 1.29 bits per heavy atom. The highest BCUT2D eigenvalue weighted by Crippen LogP contribution is 2.37. The Morgan fingerprint density at radius 2 is 2.00 bits per heavy atom. The largest absolute Gasteiger partial charge is 0.369 e. The van der Waals surface area contributed by atoms with E-state index in [1.807, 2.05) is 0 Å². The molecule has 2 aliphatic rings. The van der Waals surface area contributed by atoms with Gasteiger partial charge in [0.15, 0.2) is 0 Å². The highest BCUT2D eigenvalue weighted by molar-refractivity contribution is 7.89. The number of likely N-dealkylation sites (tertiary alicyclic amines) is 1. The van der Waals surface area contributed by atoms with Gasteiger partial charge < -0.3 is 10.6 Å². The fourth-order valence-corrected chi connectivity index (χ4v) is 5.34. The highest BCUT2D eigenvalue weighted by atomic mass is 32.2. The second-order valence-electron chi connectivity index (χ2n) is 6.82. The van der Waals surface area contributed by atoms with E-state index in [1.165, 1.54) is 22.8 Å². The van der Waals surface area contributed by atoms with Gasteiger partial charge >= 0.3 is 0 Å². The van der Waals surface area contributed by atoms with Crippen molar-refractivity contribution < 1.29 is 13.2 Å². The first-order valence-corrected chi connectivity index (χ1v) is 9.71. The predicted molar refractivity (Wildman–Crippen MR) is 89.4 cm³/mol. The number of aromatic nitrogens is 1. The molecule has 7 nitrogen and oxygen atoms in total. The van der Waals surface area contributed by atoms with Gasteiger partial charge in [0.25, 0.3) is 0 Å². The van der Waals surface area contributed by atoms with Gasteiger partial charge in [-0.05, 0) is 56.9 Å². The maximum Gasteiger partial charge on any atom is 0.244 e. The fourth-order valence-electron chi connectivity index (χ4n) is 3.87. The number of pyridine rings is 1. The maximum absolute atomic E-state index is 12.8. The molecule has 0 bridgehead atoms. The summed E-state index contributed by atoms with van der Waals surface area (Å²) in [7, 11) is -1.56. The van der Waals surface area contributed by atoms with E-state index < -0.39 is 21.8 Å². The van der Waals surface area contributed by atoms with Crippen molar-refractivity contribution in [3.8, 4) is 0 Å². The van der Waals surface area contributed by atoms with Gasteiger partial charge in [0.2, 0.25) is 15.9 Å². The summed E-state index contributed by atoms with van der Waals surface area (Å²) in [6, 6.07) is 3.13. The summed E-state index contributed by atoms with van der Waals surface area (Å²) in [6.45, 7) is 2.48. The quantitative estimate of drug-likeness (QED) is 0.832.